The van der Waals surface area contributed by atoms with Gasteiger partial charge in [0.05, 0.1) is 25.4 Å². The first-order valence-electron chi connectivity index (χ1n) is 17.1. The maximum absolute atomic E-state index is 14.9. The molecule has 0 spiro atoms. The minimum atomic E-state index is -1.51. The third-order valence-corrected chi connectivity index (χ3v) is 8.98. The van der Waals surface area contributed by atoms with Gasteiger partial charge in [0.15, 0.2) is 0 Å². The highest BCUT2D eigenvalue weighted by Crippen LogP contribution is 2.38. The Balaban J connectivity index is 0.904. The SMILES string of the molecule is CCCOCCn1ncn(-c2ccc(N3CCN(c4ccc(OC[C@@H]5CO[C@@](Cn6cncn6)(c6ccc(F)cc6F)O5)cc4)CC3)cc2)c1=O. The lowest BCUT2D eigenvalue weighted by molar-refractivity contribution is -0.192. The van der Waals surface area contributed by atoms with E-state index in [0.29, 0.717) is 25.5 Å². The first-order valence-corrected chi connectivity index (χ1v) is 17.1. The smallest absolute Gasteiger partial charge is 0.350 e. The summed E-state index contributed by atoms with van der Waals surface area (Å²) in [6, 6.07) is 19.2. The normalized spacial score (nSPS) is 19.2. The van der Waals surface area contributed by atoms with Gasteiger partial charge >= 0.3 is 5.69 Å². The van der Waals surface area contributed by atoms with E-state index in [1.54, 1.807) is 10.9 Å². The number of hydrogen-bond donors (Lipinski definition) is 0. The summed E-state index contributed by atoms with van der Waals surface area (Å²) in [5, 5.41) is 8.34. The highest BCUT2D eigenvalue weighted by atomic mass is 19.1. The lowest BCUT2D eigenvalue weighted by Crippen LogP contribution is -2.46. The highest BCUT2D eigenvalue weighted by Gasteiger charge is 2.46. The van der Waals surface area contributed by atoms with Gasteiger partial charge in [0.2, 0.25) is 5.79 Å². The predicted molar refractivity (Wildman–Crippen MR) is 184 cm³/mol. The van der Waals surface area contributed by atoms with Crippen LogP contribution in [0.15, 0.2) is 90.5 Å². The molecule has 2 saturated heterocycles. The van der Waals surface area contributed by atoms with E-state index in [2.05, 4.69) is 25.0 Å². The number of anilines is 2. The van der Waals surface area contributed by atoms with Gasteiger partial charge in [-0.3, -0.25) is 0 Å². The van der Waals surface area contributed by atoms with Crippen LogP contribution in [-0.2, 0) is 33.1 Å². The third-order valence-electron chi connectivity index (χ3n) is 8.98. The van der Waals surface area contributed by atoms with Crippen LogP contribution in [0.5, 0.6) is 5.75 Å². The second-order valence-corrected chi connectivity index (χ2v) is 12.4. The fraction of sp³-hybridized carbons (Fsp3) is 0.389. The first kappa shape index (κ1) is 34.3. The van der Waals surface area contributed by atoms with E-state index in [4.69, 9.17) is 18.9 Å². The van der Waals surface area contributed by atoms with E-state index in [9.17, 15) is 13.6 Å². The molecule has 2 atom stereocenters. The van der Waals surface area contributed by atoms with E-state index >= 15 is 0 Å². The van der Waals surface area contributed by atoms with Crippen molar-refractivity contribution in [2.75, 3.05) is 62.4 Å². The van der Waals surface area contributed by atoms with Gasteiger partial charge < -0.3 is 28.7 Å². The maximum atomic E-state index is 14.9. The number of aromatic nitrogens is 6. The number of ether oxygens (including phenoxy) is 4. The number of nitrogens with zero attached hydrogens (tertiary/aromatic N) is 8. The Labute approximate surface area is 293 Å². The predicted octanol–water partition coefficient (Wildman–Crippen LogP) is 4.00. The summed E-state index contributed by atoms with van der Waals surface area (Å²) in [6.07, 6.45) is 4.82. The van der Waals surface area contributed by atoms with Crippen molar-refractivity contribution in [2.24, 2.45) is 0 Å². The zero-order valence-corrected chi connectivity index (χ0v) is 28.3. The van der Waals surface area contributed by atoms with Crippen molar-refractivity contribution < 1.29 is 27.7 Å². The molecule has 0 bridgehead atoms. The molecule has 13 nitrogen and oxygen atoms in total. The fourth-order valence-corrected chi connectivity index (χ4v) is 6.34. The molecule has 0 N–H and O–H groups in total. The van der Waals surface area contributed by atoms with Crippen molar-refractivity contribution in [3.8, 4) is 11.4 Å². The number of hydrogen-bond acceptors (Lipinski definition) is 10. The van der Waals surface area contributed by atoms with Crippen LogP contribution >= 0.6 is 0 Å². The lowest BCUT2D eigenvalue weighted by Gasteiger charge is -2.37. The molecule has 3 aromatic carbocycles. The summed E-state index contributed by atoms with van der Waals surface area (Å²) in [5.41, 5.74) is 2.85. The highest BCUT2D eigenvalue weighted by molar-refractivity contribution is 5.54. The van der Waals surface area contributed by atoms with Crippen LogP contribution in [0, 0.1) is 11.6 Å². The second-order valence-electron chi connectivity index (χ2n) is 12.4. The van der Waals surface area contributed by atoms with Crippen LogP contribution in [-0.4, -0.2) is 87.8 Å². The van der Waals surface area contributed by atoms with E-state index in [0.717, 1.165) is 55.7 Å². The minimum Gasteiger partial charge on any atom is -0.491 e. The van der Waals surface area contributed by atoms with Gasteiger partial charge in [-0.1, -0.05) is 6.92 Å². The topological polar surface area (TPSA) is 114 Å². The molecule has 4 heterocycles. The molecular weight excluding hydrogens is 662 g/mol. The summed E-state index contributed by atoms with van der Waals surface area (Å²) >= 11 is 0. The van der Waals surface area contributed by atoms with Gasteiger partial charge in [0, 0.05) is 55.8 Å². The van der Waals surface area contributed by atoms with E-state index in [1.807, 2.05) is 55.5 Å². The van der Waals surface area contributed by atoms with Gasteiger partial charge in [-0.25, -0.2) is 32.5 Å². The quantitative estimate of drug-likeness (QED) is 0.157. The Morgan fingerprint density at radius 3 is 2.25 bits per heavy atom. The molecule has 2 aliphatic rings. The van der Waals surface area contributed by atoms with E-state index in [-0.39, 0.29) is 31.0 Å². The van der Waals surface area contributed by atoms with Crippen molar-refractivity contribution >= 4 is 11.4 Å². The van der Waals surface area contributed by atoms with Crippen LogP contribution in [0.2, 0.25) is 0 Å². The second kappa shape index (κ2) is 15.4. The van der Waals surface area contributed by atoms with Gasteiger partial charge in [0.25, 0.3) is 0 Å². The third kappa shape index (κ3) is 7.80. The number of halogens is 2. The number of benzene rings is 3. The largest absolute Gasteiger partial charge is 0.491 e. The first-order chi connectivity index (χ1) is 24.9. The molecule has 2 fully saturated rings. The van der Waals surface area contributed by atoms with Crippen LogP contribution < -0.4 is 20.2 Å². The summed E-state index contributed by atoms with van der Waals surface area (Å²) in [5.74, 6) is -2.31. The van der Waals surface area contributed by atoms with Crippen LogP contribution in [0.25, 0.3) is 5.69 Å². The Hall–Kier alpha value is -5.12. The average Bonchev–Trinajstić information content (AvgIpc) is 3.91. The summed E-state index contributed by atoms with van der Waals surface area (Å²) in [6.45, 7) is 7.32. The number of piperazine rings is 1. The molecule has 0 amide bonds. The van der Waals surface area contributed by atoms with Crippen LogP contribution in [0.4, 0.5) is 20.2 Å². The molecule has 0 unspecified atom stereocenters. The Morgan fingerprint density at radius 1 is 0.882 bits per heavy atom. The maximum Gasteiger partial charge on any atom is 0.350 e. The summed E-state index contributed by atoms with van der Waals surface area (Å²) < 4.78 is 56.8. The molecule has 5 aromatic rings. The van der Waals surface area contributed by atoms with Gasteiger partial charge in [-0.15, -0.1) is 0 Å². The summed E-state index contributed by atoms with van der Waals surface area (Å²) in [7, 11) is 0. The molecule has 2 aromatic heterocycles. The molecule has 2 aliphatic heterocycles. The molecular formula is C36H40F2N8O5. The molecule has 0 saturated carbocycles. The van der Waals surface area contributed by atoms with Gasteiger partial charge in [0.1, 0.15) is 55.6 Å². The Bertz CT molecular complexity index is 1930. The van der Waals surface area contributed by atoms with Crippen LogP contribution in [0.1, 0.15) is 18.9 Å². The monoisotopic (exact) mass is 702 g/mol. The minimum absolute atomic E-state index is 0.0307. The number of rotatable bonds is 14. The zero-order chi connectivity index (χ0) is 35.2. The average molecular weight is 703 g/mol. The van der Waals surface area contributed by atoms with E-state index in [1.165, 1.54) is 34.2 Å². The molecule has 7 rings (SSSR count). The molecule has 268 valence electrons. The van der Waals surface area contributed by atoms with Crippen molar-refractivity contribution in [3.63, 3.8) is 0 Å². The van der Waals surface area contributed by atoms with Crippen LogP contribution in [0.3, 0.4) is 0 Å². The fourth-order valence-electron chi connectivity index (χ4n) is 6.34. The molecule has 0 aliphatic carbocycles. The van der Waals surface area contributed by atoms with Crippen molar-refractivity contribution in [2.45, 2.75) is 38.3 Å². The summed E-state index contributed by atoms with van der Waals surface area (Å²) in [4.78, 5) is 21.4. The lowest BCUT2D eigenvalue weighted by atomic mass is 10.0. The molecule has 0 radical (unpaired) electrons. The van der Waals surface area contributed by atoms with E-state index < -0.39 is 23.5 Å². The molecule has 51 heavy (non-hydrogen) atoms. The van der Waals surface area contributed by atoms with Gasteiger partial charge in [-0.05, 0) is 67.1 Å². The Kier molecular flexibility index (Phi) is 10.4. The Morgan fingerprint density at radius 2 is 1.59 bits per heavy atom. The van der Waals surface area contributed by atoms with Crippen molar-refractivity contribution in [1.82, 2.24) is 29.1 Å². The zero-order valence-electron chi connectivity index (χ0n) is 28.3. The van der Waals surface area contributed by atoms with Crippen molar-refractivity contribution in [3.05, 3.63) is 113 Å². The van der Waals surface area contributed by atoms with Crippen molar-refractivity contribution in [1.29, 1.82) is 0 Å². The molecule has 15 heteroatoms. The van der Waals surface area contributed by atoms with Gasteiger partial charge in [-0.2, -0.15) is 10.2 Å². The standard InChI is InChI=1S/C36H40F2N8O5/c1-2-18-48-19-17-46-35(47)45(26-41-46)30-6-4-28(5-7-30)42-13-15-43(16-14-42)29-8-10-31(11-9-29)49-21-32-22-50-36(51-32,23-44-25-39-24-40-44)33-12-3-27(37)20-34(33)38/h3-12,20,24-26,32H,2,13-19,21-23H2,1H3/t32-,36-/m1/s1.